The number of nitrogens with one attached hydrogen (secondary N) is 2. The summed E-state index contributed by atoms with van der Waals surface area (Å²) in [6, 6.07) is 24.4. The highest BCUT2D eigenvalue weighted by Gasteiger charge is 2.22. The highest BCUT2D eigenvalue weighted by Crippen LogP contribution is 2.20. The van der Waals surface area contributed by atoms with E-state index in [0.29, 0.717) is 12.0 Å². The second-order valence-electron chi connectivity index (χ2n) is 7.12. The van der Waals surface area contributed by atoms with Crippen molar-refractivity contribution in [3.05, 3.63) is 100 Å². The Morgan fingerprint density at radius 2 is 1.61 bits per heavy atom. The third-order valence-electron chi connectivity index (χ3n) is 4.85. The van der Waals surface area contributed by atoms with Crippen LogP contribution in [0.5, 0.6) is 0 Å². The summed E-state index contributed by atoms with van der Waals surface area (Å²) >= 11 is 5.02. The second-order valence-corrected chi connectivity index (χ2v) is 9.02. The summed E-state index contributed by atoms with van der Waals surface area (Å²) in [4.78, 5) is 25.8. The van der Waals surface area contributed by atoms with E-state index in [1.165, 1.54) is 5.56 Å². The van der Waals surface area contributed by atoms with Crippen LogP contribution < -0.4 is 10.6 Å². The smallest absolute Gasteiger partial charge is 0.251 e. The van der Waals surface area contributed by atoms with E-state index in [9.17, 15) is 9.59 Å². The summed E-state index contributed by atoms with van der Waals surface area (Å²) in [7, 11) is 0. The number of hydrogen-bond donors (Lipinski definition) is 2. The minimum Gasteiger partial charge on any atom is -0.340 e. The summed E-state index contributed by atoms with van der Waals surface area (Å²) in [5, 5.41) is 5.93. The Labute approximate surface area is 196 Å². The van der Waals surface area contributed by atoms with Crippen molar-refractivity contribution in [3.63, 3.8) is 0 Å². The standard InChI is InChI=1S/C25H25BrN2O2S/c1-31-16-15-23(28-24(29)19-11-13-21(26)14-12-19)25(30)27-22-10-6-5-9-20(22)17-18-7-3-2-4-8-18/h2-14,23H,15-17H2,1H3,(H,27,30)(H,28,29)/t23-/m1/s1. The van der Waals surface area contributed by atoms with Gasteiger partial charge in [0.15, 0.2) is 0 Å². The zero-order valence-electron chi connectivity index (χ0n) is 17.3. The van der Waals surface area contributed by atoms with Crippen molar-refractivity contribution in [3.8, 4) is 0 Å². The first-order chi connectivity index (χ1) is 15.1. The third-order valence-corrected chi connectivity index (χ3v) is 6.02. The van der Waals surface area contributed by atoms with Crippen molar-refractivity contribution in [2.45, 2.75) is 18.9 Å². The van der Waals surface area contributed by atoms with E-state index >= 15 is 0 Å². The summed E-state index contributed by atoms with van der Waals surface area (Å²) < 4.78 is 0.899. The van der Waals surface area contributed by atoms with Crippen LogP contribution in [-0.4, -0.2) is 29.9 Å². The molecule has 31 heavy (non-hydrogen) atoms. The molecule has 0 fully saturated rings. The van der Waals surface area contributed by atoms with Gasteiger partial charge in [-0.15, -0.1) is 0 Å². The summed E-state index contributed by atoms with van der Waals surface area (Å²) in [6.07, 6.45) is 3.26. The Kier molecular flexibility index (Phi) is 8.74. The topological polar surface area (TPSA) is 58.2 Å². The monoisotopic (exact) mass is 496 g/mol. The third kappa shape index (κ3) is 6.97. The lowest BCUT2D eigenvalue weighted by atomic mass is 10.0. The van der Waals surface area contributed by atoms with Gasteiger partial charge in [-0.3, -0.25) is 9.59 Å². The number of benzene rings is 3. The molecule has 0 aromatic heterocycles. The molecule has 0 bridgehead atoms. The quantitative estimate of drug-likeness (QED) is 0.409. The van der Waals surface area contributed by atoms with Gasteiger partial charge in [-0.25, -0.2) is 0 Å². The van der Waals surface area contributed by atoms with Crippen molar-refractivity contribution >= 4 is 45.2 Å². The molecule has 0 aliphatic carbocycles. The van der Waals surface area contributed by atoms with Crippen molar-refractivity contribution in [2.75, 3.05) is 17.3 Å². The van der Waals surface area contributed by atoms with Gasteiger partial charge in [-0.2, -0.15) is 11.8 Å². The molecule has 3 rings (SSSR count). The maximum Gasteiger partial charge on any atom is 0.251 e. The zero-order chi connectivity index (χ0) is 22.1. The Morgan fingerprint density at radius 3 is 2.32 bits per heavy atom. The SMILES string of the molecule is CSCC[C@@H](NC(=O)c1ccc(Br)cc1)C(=O)Nc1ccccc1Cc1ccccc1. The highest BCUT2D eigenvalue weighted by molar-refractivity contribution is 9.10. The van der Waals surface area contributed by atoms with Gasteiger partial charge >= 0.3 is 0 Å². The van der Waals surface area contributed by atoms with Crippen LogP contribution in [0, 0.1) is 0 Å². The van der Waals surface area contributed by atoms with Crippen LogP contribution in [0.2, 0.25) is 0 Å². The minimum absolute atomic E-state index is 0.208. The van der Waals surface area contributed by atoms with Crippen LogP contribution in [0.15, 0.2) is 83.3 Å². The van der Waals surface area contributed by atoms with Crippen molar-refractivity contribution < 1.29 is 9.59 Å². The molecule has 3 aromatic rings. The van der Waals surface area contributed by atoms with Gasteiger partial charge in [0.25, 0.3) is 5.91 Å². The maximum atomic E-state index is 13.1. The van der Waals surface area contributed by atoms with E-state index in [4.69, 9.17) is 0 Å². The van der Waals surface area contributed by atoms with Crippen LogP contribution in [0.1, 0.15) is 27.9 Å². The fourth-order valence-corrected chi connectivity index (χ4v) is 3.92. The number of anilines is 1. The minimum atomic E-state index is -0.617. The average molecular weight is 497 g/mol. The molecular weight excluding hydrogens is 472 g/mol. The summed E-state index contributed by atoms with van der Waals surface area (Å²) in [5.74, 6) is 0.302. The number of thioether (sulfide) groups is 1. The lowest BCUT2D eigenvalue weighted by molar-refractivity contribution is -0.118. The first-order valence-electron chi connectivity index (χ1n) is 10.0. The first kappa shape index (κ1) is 23.1. The molecule has 1 atom stereocenters. The fourth-order valence-electron chi connectivity index (χ4n) is 3.18. The molecule has 6 heteroatoms. The number of para-hydroxylation sites is 1. The number of carbonyl (C=O) groups is 2. The number of hydrogen-bond acceptors (Lipinski definition) is 3. The van der Waals surface area contributed by atoms with Crippen molar-refractivity contribution in [1.82, 2.24) is 5.32 Å². The Morgan fingerprint density at radius 1 is 0.935 bits per heavy atom. The molecule has 4 nitrogen and oxygen atoms in total. The Bertz CT molecular complexity index is 1010. The zero-order valence-corrected chi connectivity index (χ0v) is 19.7. The van der Waals surface area contributed by atoms with Crippen molar-refractivity contribution in [1.29, 1.82) is 0 Å². The lowest BCUT2D eigenvalue weighted by Crippen LogP contribution is -2.44. The largest absolute Gasteiger partial charge is 0.340 e. The molecule has 0 saturated heterocycles. The van der Waals surface area contributed by atoms with Gasteiger partial charge in [-0.1, -0.05) is 64.5 Å². The molecular formula is C25H25BrN2O2S. The van der Waals surface area contributed by atoms with E-state index in [1.54, 1.807) is 23.9 Å². The molecule has 0 spiro atoms. The van der Waals surface area contributed by atoms with Crippen LogP contribution in [0.3, 0.4) is 0 Å². The van der Waals surface area contributed by atoms with E-state index in [-0.39, 0.29) is 11.8 Å². The van der Waals surface area contributed by atoms with Gasteiger partial charge in [0.2, 0.25) is 5.91 Å². The van der Waals surface area contributed by atoms with Gasteiger partial charge in [0.05, 0.1) is 0 Å². The highest BCUT2D eigenvalue weighted by atomic mass is 79.9. The second kappa shape index (κ2) is 11.7. The van der Waals surface area contributed by atoms with Crippen LogP contribution in [0.4, 0.5) is 5.69 Å². The number of rotatable bonds is 9. The molecule has 2 N–H and O–H groups in total. The average Bonchev–Trinajstić information content (AvgIpc) is 2.79. The molecule has 0 heterocycles. The van der Waals surface area contributed by atoms with E-state index in [2.05, 4.69) is 38.7 Å². The van der Waals surface area contributed by atoms with Crippen LogP contribution in [-0.2, 0) is 11.2 Å². The number of carbonyl (C=O) groups excluding carboxylic acids is 2. The molecule has 2 amide bonds. The molecule has 0 radical (unpaired) electrons. The molecule has 0 unspecified atom stereocenters. The number of amides is 2. The Balaban J connectivity index is 1.73. The molecule has 0 saturated carbocycles. The van der Waals surface area contributed by atoms with E-state index in [1.807, 2.05) is 60.9 Å². The predicted octanol–water partition coefficient (Wildman–Crippen LogP) is 5.53. The van der Waals surface area contributed by atoms with Gasteiger partial charge < -0.3 is 10.6 Å². The van der Waals surface area contributed by atoms with Gasteiger partial charge in [0.1, 0.15) is 6.04 Å². The van der Waals surface area contributed by atoms with E-state index < -0.39 is 6.04 Å². The fraction of sp³-hybridized carbons (Fsp3) is 0.200. The summed E-state index contributed by atoms with van der Waals surface area (Å²) in [5.41, 5.74) is 3.50. The maximum absolute atomic E-state index is 13.1. The Hall–Kier alpha value is -2.57. The van der Waals surface area contributed by atoms with E-state index in [0.717, 1.165) is 27.9 Å². The summed E-state index contributed by atoms with van der Waals surface area (Å²) in [6.45, 7) is 0. The van der Waals surface area contributed by atoms with Crippen molar-refractivity contribution in [2.24, 2.45) is 0 Å². The molecule has 3 aromatic carbocycles. The van der Waals surface area contributed by atoms with Crippen LogP contribution >= 0.6 is 27.7 Å². The van der Waals surface area contributed by atoms with Gasteiger partial charge in [0, 0.05) is 15.7 Å². The molecule has 160 valence electrons. The first-order valence-corrected chi connectivity index (χ1v) is 12.2. The molecule has 0 aliphatic heterocycles. The lowest BCUT2D eigenvalue weighted by Gasteiger charge is -2.19. The normalized spacial score (nSPS) is 11.5. The van der Waals surface area contributed by atoms with Gasteiger partial charge in [-0.05, 0) is 66.3 Å². The molecule has 0 aliphatic rings. The number of halogens is 1. The predicted molar refractivity (Wildman–Crippen MR) is 133 cm³/mol. The van der Waals surface area contributed by atoms with Crippen LogP contribution in [0.25, 0.3) is 0 Å².